The summed E-state index contributed by atoms with van der Waals surface area (Å²) in [4.78, 5) is 55.1. The number of amides is 1. The van der Waals surface area contributed by atoms with Crippen LogP contribution in [0.4, 0.5) is 0 Å². The van der Waals surface area contributed by atoms with E-state index in [4.69, 9.17) is 43.0 Å². The molecule has 0 rings (SSSR count). The molecule has 0 saturated carbocycles. The monoisotopic (exact) mass is 738 g/mol. The molecule has 0 aliphatic carbocycles. The van der Waals surface area contributed by atoms with Gasteiger partial charge in [-0.25, -0.2) is 0 Å². The van der Waals surface area contributed by atoms with E-state index in [9.17, 15) is 24.0 Å². The van der Waals surface area contributed by atoms with Crippen LogP contribution in [0.5, 0.6) is 0 Å². The average Bonchev–Trinajstić information content (AvgIpc) is 3.12. The van der Waals surface area contributed by atoms with Crippen LogP contribution in [0.3, 0.4) is 0 Å². The van der Waals surface area contributed by atoms with Crippen molar-refractivity contribution in [2.75, 3.05) is 125 Å². The molecule has 298 valence electrons. The Morgan fingerprint density at radius 3 is 1.16 bits per heavy atom. The summed E-state index contributed by atoms with van der Waals surface area (Å²) in [6.07, 6.45) is 2.46. The van der Waals surface area contributed by atoms with Crippen molar-refractivity contribution in [1.82, 2.24) is 21.3 Å². The number of ether oxygens (including phenoxy) is 8. The Morgan fingerprint density at radius 1 is 0.529 bits per heavy atom. The van der Waals surface area contributed by atoms with Crippen LogP contribution >= 0.6 is 0 Å². The molecule has 5 N–H and O–H groups in total. The zero-order chi connectivity index (χ0) is 38.0. The molecule has 0 radical (unpaired) electrons. The third-order valence-electron chi connectivity index (χ3n) is 6.85. The second-order valence-electron chi connectivity index (χ2n) is 11.9. The van der Waals surface area contributed by atoms with Gasteiger partial charge < -0.3 is 78.7 Å². The third kappa shape index (κ3) is 29.8. The van der Waals surface area contributed by atoms with Crippen LogP contribution in [0.25, 0.3) is 0 Å². The first-order chi connectivity index (χ1) is 24.6. The predicted octanol–water partition coefficient (Wildman–Crippen LogP) is -1.77. The second-order valence-corrected chi connectivity index (χ2v) is 11.9. The van der Waals surface area contributed by atoms with E-state index in [-0.39, 0.29) is 84.2 Å². The van der Waals surface area contributed by atoms with Crippen molar-refractivity contribution in [3.63, 3.8) is 0 Å². The van der Waals surface area contributed by atoms with Crippen LogP contribution in [0.1, 0.15) is 27.7 Å². The molecule has 0 unspecified atom stereocenters. The van der Waals surface area contributed by atoms with E-state index in [2.05, 4.69) is 21.3 Å². The smallest absolute Gasteiger partial charge is 0.325 e. The van der Waals surface area contributed by atoms with Gasteiger partial charge in [0.1, 0.15) is 31.5 Å². The number of aldehydes is 3. The molecule has 0 saturated heterocycles. The van der Waals surface area contributed by atoms with Crippen molar-refractivity contribution in [1.29, 1.82) is 0 Å². The molecular formula is C33H62N4O14. The molecule has 4 atom stereocenters. The zero-order valence-corrected chi connectivity index (χ0v) is 30.7. The van der Waals surface area contributed by atoms with E-state index in [1.807, 2.05) is 0 Å². The quantitative estimate of drug-likeness (QED) is 0.0347. The van der Waals surface area contributed by atoms with Gasteiger partial charge in [-0.05, 0) is 27.7 Å². The summed E-state index contributed by atoms with van der Waals surface area (Å²) in [7, 11) is 0. The third-order valence-corrected chi connectivity index (χ3v) is 6.85. The van der Waals surface area contributed by atoms with Gasteiger partial charge in [-0.2, -0.15) is 0 Å². The second kappa shape index (κ2) is 33.4. The minimum Gasteiger partial charge on any atom is -0.480 e. The number of nitrogens with one attached hydrogen (secondary N) is 4. The minimum absolute atomic E-state index is 0.0767. The summed E-state index contributed by atoms with van der Waals surface area (Å²) >= 11 is 0. The Labute approximate surface area is 301 Å². The highest BCUT2D eigenvalue weighted by molar-refractivity contribution is 5.83. The van der Waals surface area contributed by atoms with Crippen LogP contribution in [-0.4, -0.2) is 185 Å². The summed E-state index contributed by atoms with van der Waals surface area (Å²) in [6.45, 7) is 11.8. The van der Waals surface area contributed by atoms with Gasteiger partial charge in [0.25, 0.3) is 0 Å². The highest BCUT2D eigenvalue weighted by Crippen LogP contribution is 2.21. The van der Waals surface area contributed by atoms with Gasteiger partial charge in [0.05, 0.1) is 123 Å². The topological polar surface area (TPSA) is 228 Å². The van der Waals surface area contributed by atoms with Gasteiger partial charge in [-0.15, -0.1) is 0 Å². The van der Waals surface area contributed by atoms with Gasteiger partial charge >= 0.3 is 5.97 Å². The number of carboxylic acid groups (broad SMARTS) is 1. The maximum Gasteiger partial charge on any atom is 0.325 e. The molecule has 51 heavy (non-hydrogen) atoms. The minimum atomic E-state index is -1.15. The molecule has 18 nitrogen and oxygen atoms in total. The lowest BCUT2D eigenvalue weighted by Gasteiger charge is -2.33. The summed E-state index contributed by atoms with van der Waals surface area (Å²) in [5.74, 6) is -1.71. The van der Waals surface area contributed by atoms with E-state index in [0.717, 1.165) is 18.9 Å². The molecule has 0 heterocycles. The lowest BCUT2D eigenvalue weighted by molar-refractivity contribution is -0.142. The summed E-state index contributed by atoms with van der Waals surface area (Å²) in [6, 6.07) is -1.80. The Bertz CT molecular complexity index is 830. The van der Waals surface area contributed by atoms with E-state index in [0.29, 0.717) is 59.3 Å². The fourth-order valence-corrected chi connectivity index (χ4v) is 3.91. The van der Waals surface area contributed by atoms with Gasteiger partial charge in [-0.1, -0.05) is 0 Å². The molecular weight excluding hydrogens is 676 g/mol. The van der Waals surface area contributed by atoms with Crippen molar-refractivity contribution in [2.24, 2.45) is 5.41 Å². The zero-order valence-electron chi connectivity index (χ0n) is 30.7. The lowest BCUT2D eigenvalue weighted by atomic mass is 9.92. The van der Waals surface area contributed by atoms with E-state index in [1.54, 1.807) is 20.8 Å². The van der Waals surface area contributed by atoms with Crippen LogP contribution < -0.4 is 21.3 Å². The van der Waals surface area contributed by atoms with Crippen LogP contribution in [0.2, 0.25) is 0 Å². The summed E-state index contributed by atoms with van der Waals surface area (Å²) < 4.78 is 46.0. The average molecular weight is 739 g/mol. The highest BCUT2D eigenvalue weighted by Gasteiger charge is 2.32. The largest absolute Gasteiger partial charge is 0.480 e. The Morgan fingerprint density at radius 2 is 0.843 bits per heavy atom. The maximum atomic E-state index is 11.9. The first kappa shape index (κ1) is 48.5. The highest BCUT2D eigenvalue weighted by atomic mass is 16.6. The van der Waals surface area contributed by atoms with E-state index < -0.39 is 23.3 Å². The fourth-order valence-electron chi connectivity index (χ4n) is 3.91. The number of aliphatic carboxylic acids is 1. The lowest BCUT2D eigenvalue weighted by Crippen LogP contribution is -2.43. The van der Waals surface area contributed by atoms with Crippen molar-refractivity contribution >= 4 is 30.7 Å². The molecule has 0 aliphatic rings. The number of hydrogen-bond donors (Lipinski definition) is 5. The van der Waals surface area contributed by atoms with Gasteiger partial charge in [0.2, 0.25) is 5.91 Å². The van der Waals surface area contributed by atoms with Crippen molar-refractivity contribution < 1.29 is 67.0 Å². The summed E-state index contributed by atoms with van der Waals surface area (Å²) in [5.41, 5.74) is -0.767. The number of carbonyl (C=O) groups is 5. The summed E-state index contributed by atoms with van der Waals surface area (Å²) in [5, 5.41) is 20.3. The van der Waals surface area contributed by atoms with E-state index in [1.165, 1.54) is 6.92 Å². The molecule has 1 amide bonds. The number of carboxylic acids is 1. The number of hydrogen-bond acceptors (Lipinski definition) is 16. The molecule has 0 fully saturated rings. The molecule has 0 bridgehead atoms. The molecule has 0 aromatic carbocycles. The predicted molar refractivity (Wildman–Crippen MR) is 185 cm³/mol. The van der Waals surface area contributed by atoms with Gasteiger partial charge in [-0.3, -0.25) is 9.59 Å². The molecule has 0 aromatic heterocycles. The first-order valence-corrected chi connectivity index (χ1v) is 17.3. The normalized spacial score (nSPS) is 14.0. The van der Waals surface area contributed by atoms with Crippen LogP contribution in [0, 0.1) is 5.41 Å². The molecule has 18 heteroatoms. The van der Waals surface area contributed by atoms with Crippen molar-refractivity contribution in [3.05, 3.63) is 0 Å². The molecule has 0 aliphatic heterocycles. The number of carbonyl (C=O) groups excluding carboxylic acids is 4. The fraction of sp³-hybridized carbons (Fsp3) is 0.848. The van der Waals surface area contributed by atoms with Crippen molar-refractivity contribution in [3.8, 4) is 0 Å². The van der Waals surface area contributed by atoms with E-state index >= 15 is 0 Å². The van der Waals surface area contributed by atoms with Crippen LogP contribution in [0.15, 0.2) is 0 Å². The molecule has 0 aromatic rings. The maximum absolute atomic E-state index is 11.9. The van der Waals surface area contributed by atoms with Crippen molar-refractivity contribution in [2.45, 2.75) is 51.9 Å². The van der Waals surface area contributed by atoms with Gasteiger partial charge in [0, 0.05) is 19.6 Å². The Hall–Kier alpha value is -2.49. The van der Waals surface area contributed by atoms with Crippen LogP contribution in [-0.2, 0) is 61.9 Å². The van der Waals surface area contributed by atoms with Gasteiger partial charge in [0.15, 0.2) is 0 Å². The first-order valence-electron chi connectivity index (χ1n) is 17.3. The SMILES string of the molecule is C[C@H](NC(=O)COCCOCC(COCCOCCN[C@@H](C)C=O)(COCCOCCN[C@@H](C)C=O)COCCOCCN[C@@H](C)C=O)C(=O)O. The Balaban J connectivity index is 5.14. The standard InChI is InChI=1S/C33H62N4O14/c1-27(19-38)34-5-8-44-11-15-48-23-33(24-49-16-12-45-9-6-35-28(2)20-39,25-50-17-13-46-10-7-36-29(3)21-40)26-51-18-14-47-22-31(41)37-30(4)32(42)43/h19-21,27-30,34-36H,5-18,22-26H2,1-4H3,(H,37,41)(H,42,43)/t27-,28-,29-,30-/m0/s1. The molecule has 0 spiro atoms. The Kier molecular flexibility index (Phi) is 31.7. The number of rotatable bonds is 39.